The highest BCUT2D eigenvalue weighted by molar-refractivity contribution is 7.09. The van der Waals surface area contributed by atoms with Gasteiger partial charge in [-0.1, -0.05) is 6.42 Å². The Morgan fingerprint density at radius 3 is 2.40 bits per heavy atom. The van der Waals surface area contributed by atoms with Gasteiger partial charge in [0, 0.05) is 17.3 Å². The molecule has 25 heavy (non-hydrogen) atoms. The molecule has 1 aromatic rings. The van der Waals surface area contributed by atoms with Crippen molar-refractivity contribution in [2.45, 2.75) is 63.7 Å². The number of halogens is 3. The largest absolute Gasteiger partial charge is 0.434 e. The van der Waals surface area contributed by atoms with Crippen molar-refractivity contribution >= 4 is 17.2 Å². The van der Waals surface area contributed by atoms with Gasteiger partial charge < -0.3 is 11.1 Å². The maximum atomic E-state index is 12.8. The van der Waals surface area contributed by atoms with Gasteiger partial charge in [-0.3, -0.25) is 4.79 Å². The van der Waals surface area contributed by atoms with E-state index in [4.69, 9.17) is 5.73 Å². The van der Waals surface area contributed by atoms with Gasteiger partial charge in [-0.05, 0) is 51.4 Å². The number of nitrogens with two attached hydrogens (primary N) is 1. The zero-order valence-corrected chi connectivity index (χ0v) is 15.2. The second-order valence-electron chi connectivity index (χ2n) is 7.85. The fraction of sp³-hybridized carbons (Fsp3) is 0.765. The maximum Gasteiger partial charge on any atom is 0.434 e. The minimum Gasteiger partial charge on any atom is -0.344 e. The first-order chi connectivity index (χ1) is 11.6. The number of fused-ring (bicyclic) bond motifs is 2. The van der Waals surface area contributed by atoms with Gasteiger partial charge in [-0.25, -0.2) is 4.98 Å². The van der Waals surface area contributed by atoms with Gasteiger partial charge in [0.05, 0.1) is 5.54 Å². The summed E-state index contributed by atoms with van der Waals surface area (Å²) in [6.45, 7) is 3.39. The summed E-state index contributed by atoms with van der Waals surface area (Å²) in [6.07, 6.45) is 0.364. The number of hydrogen-bond acceptors (Lipinski definition) is 4. The Hall–Kier alpha value is -1.15. The molecule has 0 saturated heterocycles. The van der Waals surface area contributed by atoms with Crippen molar-refractivity contribution in [3.05, 3.63) is 16.1 Å². The van der Waals surface area contributed by atoms with E-state index < -0.39 is 17.4 Å². The zero-order valence-electron chi connectivity index (χ0n) is 14.4. The Morgan fingerprint density at radius 2 is 1.88 bits per heavy atom. The van der Waals surface area contributed by atoms with Gasteiger partial charge in [-0.15, -0.1) is 11.3 Å². The topological polar surface area (TPSA) is 68.0 Å². The molecule has 3 rings (SSSR count). The molecular formula is C17H24F3N3OS. The lowest BCUT2D eigenvalue weighted by atomic mass is 9.65. The summed E-state index contributed by atoms with van der Waals surface area (Å²) in [5, 5.41) is 4.17. The standard InChI is InChI=1S/C17H24F3N3OS/c1-16(2,15-22-12(8-25-15)17(18,19)20)23-14(24)11-6-9-4-3-5-10(7-11)13(9)21/h8-11,13H,3-7,21H2,1-2H3,(H,23,24). The van der Waals surface area contributed by atoms with E-state index in [1.165, 1.54) is 6.42 Å². The van der Waals surface area contributed by atoms with E-state index in [9.17, 15) is 18.0 Å². The SMILES string of the molecule is CC(C)(NC(=O)C1CC2CCCC(C1)C2N)c1nc(C(F)(F)F)cs1. The Labute approximate surface area is 149 Å². The second-order valence-corrected chi connectivity index (χ2v) is 8.70. The van der Waals surface area contributed by atoms with Crippen LogP contribution in [0, 0.1) is 17.8 Å². The van der Waals surface area contributed by atoms with E-state index >= 15 is 0 Å². The van der Waals surface area contributed by atoms with Crippen LogP contribution in [0.2, 0.25) is 0 Å². The second kappa shape index (κ2) is 6.54. The fourth-order valence-corrected chi connectivity index (χ4v) is 5.06. The van der Waals surface area contributed by atoms with Crippen LogP contribution in [-0.2, 0) is 16.5 Å². The van der Waals surface area contributed by atoms with Crippen LogP contribution in [-0.4, -0.2) is 16.9 Å². The van der Waals surface area contributed by atoms with Gasteiger partial charge in [0.15, 0.2) is 5.69 Å². The molecule has 2 aliphatic carbocycles. The molecule has 2 fully saturated rings. The number of rotatable bonds is 3. The Bertz CT molecular complexity index is 629. The number of thiazole rings is 1. The molecule has 3 N–H and O–H groups in total. The quantitative estimate of drug-likeness (QED) is 0.847. The van der Waals surface area contributed by atoms with Crippen molar-refractivity contribution in [2.24, 2.45) is 23.5 Å². The van der Waals surface area contributed by atoms with Crippen LogP contribution in [0.3, 0.4) is 0 Å². The van der Waals surface area contributed by atoms with Gasteiger partial charge in [0.2, 0.25) is 5.91 Å². The van der Waals surface area contributed by atoms with Gasteiger partial charge in [0.25, 0.3) is 0 Å². The summed E-state index contributed by atoms with van der Waals surface area (Å²) in [7, 11) is 0. The number of alkyl halides is 3. The number of carbonyl (C=O) groups excluding carboxylic acids is 1. The van der Waals surface area contributed by atoms with Crippen molar-refractivity contribution in [1.29, 1.82) is 0 Å². The Kier molecular flexibility index (Phi) is 4.87. The first-order valence-corrected chi connectivity index (χ1v) is 9.56. The van der Waals surface area contributed by atoms with Gasteiger partial charge in [0.1, 0.15) is 5.01 Å². The Balaban J connectivity index is 1.68. The molecule has 4 nitrogen and oxygen atoms in total. The van der Waals surface area contributed by atoms with E-state index in [0.717, 1.165) is 42.4 Å². The molecule has 2 unspecified atom stereocenters. The highest BCUT2D eigenvalue weighted by Crippen LogP contribution is 2.42. The lowest BCUT2D eigenvalue weighted by Crippen LogP contribution is -2.51. The lowest BCUT2D eigenvalue weighted by Gasteiger charge is -2.44. The van der Waals surface area contributed by atoms with Crippen molar-refractivity contribution in [1.82, 2.24) is 10.3 Å². The first-order valence-electron chi connectivity index (χ1n) is 8.68. The molecule has 140 valence electrons. The van der Waals surface area contributed by atoms with E-state index in [1.807, 2.05) is 0 Å². The maximum absolute atomic E-state index is 12.8. The van der Waals surface area contributed by atoms with Crippen LogP contribution >= 0.6 is 11.3 Å². The number of hydrogen-bond donors (Lipinski definition) is 2. The van der Waals surface area contributed by atoms with E-state index in [0.29, 0.717) is 11.8 Å². The summed E-state index contributed by atoms with van der Waals surface area (Å²) in [4.78, 5) is 16.4. The van der Waals surface area contributed by atoms with Gasteiger partial charge in [-0.2, -0.15) is 13.2 Å². The average molecular weight is 375 g/mol. The van der Waals surface area contributed by atoms with Crippen LogP contribution in [0.1, 0.15) is 56.7 Å². The molecule has 2 bridgehead atoms. The molecule has 0 aliphatic heterocycles. The highest BCUT2D eigenvalue weighted by atomic mass is 32.1. The summed E-state index contributed by atoms with van der Waals surface area (Å²) >= 11 is 0.923. The van der Waals surface area contributed by atoms with E-state index in [-0.39, 0.29) is 22.9 Å². The molecule has 0 aromatic carbocycles. The van der Waals surface area contributed by atoms with Crippen LogP contribution in [0.25, 0.3) is 0 Å². The predicted molar refractivity (Wildman–Crippen MR) is 89.8 cm³/mol. The highest BCUT2D eigenvalue weighted by Gasteiger charge is 2.42. The number of aromatic nitrogens is 1. The molecule has 0 radical (unpaired) electrons. The van der Waals surface area contributed by atoms with Crippen LogP contribution in [0.4, 0.5) is 13.2 Å². The summed E-state index contributed by atoms with van der Waals surface area (Å²) in [6, 6.07) is 0.180. The summed E-state index contributed by atoms with van der Waals surface area (Å²) in [5.41, 5.74) is 4.42. The normalized spacial score (nSPS) is 30.2. The third kappa shape index (κ3) is 3.84. The molecule has 2 saturated carbocycles. The minimum absolute atomic E-state index is 0.0995. The fourth-order valence-electron chi connectivity index (χ4n) is 4.16. The average Bonchev–Trinajstić information content (AvgIpc) is 2.97. The summed E-state index contributed by atoms with van der Waals surface area (Å²) in [5.74, 6) is 0.542. The minimum atomic E-state index is -4.47. The third-order valence-corrected chi connectivity index (χ3v) is 6.71. The van der Waals surface area contributed by atoms with Crippen LogP contribution in [0.5, 0.6) is 0 Å². The zero-order chi connectivity index (χ0) is 18.4. The number of nitrogens with zero attached hydrogens (tertiary/aromatic N) is 1. The van der Waals surface area contributed by atoms with Crippen molar-refractivity contribution in [2.75, 3.05) is 0 Å². The van der Waals surface area contributed by atoms with Gasteiger partial charge >= 0.3 is 6.18 Å². The lowest BCUT2D eigenvalue weighted by molar-refractivity contribution is -0.140. The van der Waals surface area contributed by atoms with E-state index in [2.05, 4.69) is 10.3 Å². The Morgan fingerprint density at radius 1 is 1.28 bits per heavy atom. The van der Waals surface area contributed by atoms with Crippen molar-refractivity contribution in [3.8, 4) is 0 Å². The molecule has 1 amide bonds. The van der Waals surface area contributed by atoms with Crippen LogP contribution in [0.15, 0.2) is 5.38 Å². The predicted octanol–water partition coefficient (Wildman–Crippen LogP) is 3.67. The molecule has 2 aliphatic rings. The monoisotopic (exact) mass is 375 g/mol. The molecule has 1 heterocycles. The number of nitrogens with one attached hydrogen (secondary N) is 1. The van der Waals surface area contributed by atoms with E-state index in [1.54, 1.807) is 13.8 Å². The molecule has 8 heteroatoms. The molecule has 2 atom stereocenters. The van der Waals surface area contributed by atoms with Crippen molar-refractivity contribution in [3.63, 3.8) is 0 Å². The molecular weight excluding hydrogens is 351 g/mol. The third-order valence-electron chi connectivity index (χ3n) is 5.55. The van der Waals surface area contributed by atoms with Crippen LogP contribution < -0.4 is 11.1 Å². The van der Waals surface area contributed by atoms with Crippen molar-refractivity contribution < 1.29 is 18.0 Å². The first kappa shape index (κ1) is 18.6. The smallest absolute Gasteiger partial charge is 0.344 e. The molecule has 1 aromatic heterocycles. The number of carbonyl (C=O) groups is 1. The molecule has 0 spiro atoms. The summed E-state index contributed by atoms with van der Waals surface area (Å²) < 4.78 is 38.3. The number of amides is 1.